The third kappa shape index (κ3) is 3.97. The molecule has 7 nitrogen and oxygen atoms in total. The smallest absolute Gasteiger partial charge is 0.253 e. The van der Waals surface area contributed by atoms with Gasteiger partial charge in [-0.2, -0.15) is 0 Å². The van der Waals surface area contributed by atoms with Gasteiger partial charge in [-0.05, 0) is 73.0 Å². The van der Waals surface area contributed by atoms with Crippen molar-refractivity contribution in [3.63, 3.8) is 0 Å². The summed E-state index contributed by atoms with van der Waals surface area (Å²) in [7, 11) is 0. The van der Waals surface area contributed by atoms with E-state index in [2.05, 4.69) is 0 Å². The van der Waals surface area contributed by atoms with Gasteiger partial charge in [-0.1, -0.05) is 12.1 Å². The molecular formula is C29H27FN2O5. The first-order valence-electron chi connectivity index (χ1n) is 12.5. The summed E-state index contributed by atoms with van der Waals surface area (Å²) in [4.78, 5) is 30.5. The Hall–Kier alpha value is -4.07. The van der Waals surface area contributed by atoms with E-state index in [1.807, 2.05) is 12.1 Å². The number of ether oxygens (including phenoxy) is 2. The summed E-state index contributed by atoms with van der Waals surface area (Å²) in [6.45, 7) is 2.00. The number of phenols is 1. The van der Waals surface area contributed by atoms with Crippen LogP contribution >= 0.6 is 0 Å². The van der Waals surface area contributed by atoms with Gasteiger partial charge in [0.05, 0.1) is 24.7 Å². The van der Waals surface area contributed by atoms with Crippen molar-refractivity contribution in [2.45, 2.75) is 25.3 Å². The number of amides is 2. The van der Waals surface area contributed by atoms with Crippen LogP contribution < -0.4 is 14.4 Å². The van der Waals surface area contributed by atoms with E-state index in [1.165, 1.54) is 12.1 Å². The van der Waals surface area contributed by atoms with Crippen molar-refractivity contribution in [1.82, 2.24) is 4.90 Å². The zero-order valence-corrected chi connectivity index (χ0v) is 20.2. The summed E-state index contributed by atoms with van der Waals surface area (Å²) in [5, 5.41) is 9.81. The summed E-state index contributed by atoms with van der Waals surface area (Å²) >= 11 is 0. The zero-order valence-electron chi connectivity index (χ0n) is 20.2. The van der Waals surface area contributed by atoms with E-state index < -0.39 is 5.41 Å². The number of anilines is 1. The molecule has 3 aliphatic rings. The maximum atomic E-state index is 13.7. The topological polar surface area (TPSA) is 79.3 Å². The molecule has 3 aromatic carbocycles. The number of halogens is 1. The number of β-lactam (4-membered cyclic amide) rings is 1. The molecule has 37 heavy (non-hydrogen) atoms. The highest BCUT2D eigenvalue weighted by Gasteiger charge is 2.62. The van der Waals surface area contributed by atoms with Gasteiger partial charge in [-0.3, -0.25) is 9.59 Å². The second-order valence-electron chi connectivity index (χ2n) is 9.81. The fourth-order valence-corrected chi connectivity index (χ4v) is 5.72. The van der Waals surface area contributed by atoms with Crippen LogP contribution in [0, 0.1) is 11.2 Å². The van der Waals surface area contributed by atoms with Crippen LogP contribution in [0.15, 0.2) is 66.7 Å². The van der Waals surface area contributed by atoms with Gasteiger partial charge in [0.1, 0.15) is 11.6 Å². The van der Waals surface area contributed by atoms with Crippen molar-refractivity contribution in [3.8, 4) is 17.2 Å². The lowest BCUT2D eigenvalue weighted by atomic mass is 9.62. The lowest BCUT2D eigenvalue weighted by Gasteiger charge is -2.59. The number of likely N-dealkylation sites (tertiary alicyclic amines) is 1. The molecule has 1 N–H and O–H groups in total. The van der Waals surface area contributed by atoms with E-state index in [4.69, 9.17) is 9.47 Å². The first kappa shape index (κ1) is 23.3. The molecule has 3 aliphatic heterocycles. The summed E-state index contributed by atoms with van der Waals surface area (Å²) in [6.07, 6.45) is 1.80. The first-order chi connectivity index (χ1) is 18.0. The molecule has 0 saturated carbocycles. The number of carbonyl (C=O) groups is 2. The normalized spacial score (nSPS) is 20.4. The van der Waals surface area contributed by atoms with Crippen LogP contribution in [-0.2, 0) is 4.79 Å². The van der Waals surface area contributed by atoms with Gasteiger partial charge in [0.2, 0.25) is 5.91 Å². The molecule has 8 heteroatoms. The van der Waals surface area contributed by atoms with Gasteiger partial charge in [-0.25, -0.2) is 4.39 Å². The number of hydrogen-bond donors (Lipinski definition) is 1. The second-order valence-corrected chi connectivity index (χ2v) is 9.81. The Kier molecular flexibility index (Phi) is 5.74. The Labute approximate surface area is 214 Å². The number of rotatable bonds is 3. The lowest BCUT2D eigenvalue weighted by molar-refractivity contribution is -0.144. The van der Waals surface area contributed by atoms with E-state index in [9.17, 15) is 19.1 Å². The highest BCUT2D eigenvalue weighted by Crippen LogP contribution is 2.57. The molecule has 0 aliphatic carbocycles. The summed E-state index contributed by atoms with van der Waals surface area (Å²) in [5.74, 6) is 0.868. The quantitative estimate of drug-likeness (QED) is 0.525. The minimum atomic E-state index is -0.674. The zero-order chi connectivity index (χ0) is 25.6. The van der Waals surface area contributed by atoms with Crippen LogP contribution in [0.4, 0.5) is 10.1 Å². The van der Waals surface area contributed by atoms with E-state index >= 15 is 0 Å². The Bertz CT molecular complexity index is 1330. The van der Waals surface area contributed by atoms with Crippen LogP contribution in [0.3, 0.4) is 0 Å². The Morgan fingerprint density at radius 3 is 2.30 bits per heavy atom. The van der Waals surface area contributed by atoms with E-state index in [1.54, 1.807) is 52.3 Å². The molecule has 2 fully saturated rings. The van der Waals surface area contributed by atoms with Gasteiger partial charge in [-0.15, -0.1) is 0 Å². The van der Waals surface area contributed by atoms with Crippen LogP contribution in [0.2, 0.25) is 0 Å². The fourth-order valence-electron chi connectivity index (χ4n) is 5.72. The van der Waals surface area contributed by atoms with Gasteiger partial charge in [0.25, 0.3) is 5.91 Å². The van der Waals surface area contributed by atoms with E-state index in [0.29, 0.717) is 61.9 Å². The number of fused-ring (bicyclic) bond motifs is 1. The predicted octanol–water partition coefficient (Wildman–Crippen LogP) is 4.70. The SMILES string of the molecule is O=C(c1ccc2c(c1)OCCCO2)N1CCC2(CC1)C(=O)N(c1ccc(F)cc1)C2c1ccc(O)cc1. The maximum absolute atomic E-state index is 13.7. The predicted molar refractivity (Wildman–Crippen MR) is 134 cm³/mol. The monoisotopic (exact) mass is 502 g/mol. The molecule has 1 atom stereocenters. The molecule has 2 amide bonds. The minimum absolute atomic E-state index is 0.0279. The minimum Gasteiger partial charge on any atom is -0.508 e. The molecule has 0 radical (unpaired) electrons. The second kappa shape index (κ2) is 9.10. The van der Waals surface area contributed by atoms with Crippen LogP contribution in [0.1, 0.15) is 41.2 Å². The third-order valence-corrected chi connectivity index (χ3v) is 7.68. The van der Waals surface area contributed by atoms with Gasteiger partial charge >= 0.3 is 0 Å². The molecular weight excluding hydrogens is 475 g/mol. The number of nitrogens with zero attached hydrogens (tertiary/aromatic N) is 2. The summed E-state index contributed by atoms with van der Waals surface area (Å²) < 4.78 is 25.0. The number of hydrogen-bond acceptors (Lipinski definition) is 5. The number of piperidine rings is 1. The average molecular weight is 503 g/mol. The van der Waals surface area contributed by atoms with Crippen LogP contribution in [0.25, 0.3) is 0 Å². The molecule has 0 bridgehead atoms. The molecule has 0 aromatic heterocycles. The lowest BCUT2D eigenvalue weighted by Crippen LogP contribution is -2.67. The van der Waals surface area contributed by atoms with Crippen molar-refractivity contribution >= 4 is 17.5 Å². The molecule has 6 rings (SSSR count). The Morgan fingerprint density at radius 1 is 0.919 bits per heavy atom. The summed E-state index contributed by atoms with van der Waals surface area (Å²) in [6, 6.07) is 17.7. The van der Waals surface area contributed by atoms with Crippen molar-refractivity contribution in [2.24, 2.45) is 5.41 Å². The van der Waals surface area contributed by atoms with Gasteiger partial charge < -0.3 is 24.4 Å². The molecule has 3 heterocycles. The number of carbonyl (C=O) groups excluding carboxylic acids is 2. The molecule has 1 unspecified atom stereocenters. The molecule has 1 spiro atoms. The Balaban J connectivity index is 1.24. The first-order valence-corrected chi connectivity index (χ1v) is 12.5. The average Bonchev–Trinajstić information content (AvgIpc) is 3.17. The van der Waals surface area contributed by atoms with Crippen molar-refractivity contribution in [2.75, 3.05) is 31.2 Å². The van der Waals surface area contributed by atoms with Crippen molar-refractivity contribution in [3.05, 3.63) is 83.7 Å². The van der Waals surface area contributed by atoms with Gasteiger partial charge in [0, 0.05) is 30.8 Å². The fraction of sp³-hybridized carbons (Fsp3) is 0.310. The van der Waals surface area contributed by atoms with E-state index in [0.717, 1.165) is 12.0 Å². The molecule has 3 aromatic rings. The highest BCUT2D eigenvalue weighted by molar-refractivity contribution is 6.06. The number of phenolic OH excluding ortho intramolecular Hbond substituents is 1. The standard InChI is InChI=1S/C29H27FN2O5/c30-21-5-7-22(8-6-21)32-26(19-2-9-23(33)10-3-19)29(28(32)35)12-14-31(15-13-29)27(34)20-4-11-24-25(18-20)37-17-1-16-36-24/h2-11,18,26,33H,1,12-17H2. The number of aromatic hydroxyl groups is 1. The van der Waals surface area contributed by atoms with Crippen LogP contribution in [-0.4, -0.2) is 48.1 Å². The van der Waals surface area contributed by atoms with Crippen LogP contribution in [0.5, 0.6) is 17.2 Å². The van der Waals surface area contributed by atoms with Crippen molar-refractivity contribution < 1.29 is 28.6 Å². The largest absolute Gasteiger partial charge is 0.508 e. The third-order valence-electron chi connectivity index (χ3n) is 7.68. The molecule has 190 valence electrons. The summed E-state index contributed by atoms with van der Waals surface area (Å²) in [5.41, 5.74) is 1.38. The molecule has 2 saturated heterocycles. The van der Waals surface area contributed by atoms with Crippen molar-refractivity contribution in [1.29, 1.82) is 0 Å². The van der Waals surface area contributed by atoms with Gasteiger partial charge in [0.15, 0.2) is 11.5 Å². The highest BCUT2D eigenvalue weighted by atomic mass is 19.1. The number of benzene rings is 3. The maximum Gasteiger partial charge on any atom is 0.253 e. The Morgan fingerprint density at radius 2 is 1.59 bits per heavy atom. The van der Waals surface area contributed by atoms with E-state index in [-0.39, 0.29) is 29.4 Å².